The first kappa shape index (κ1) is 14.3. The number of halogens is 3. The van der Waals surface area contributed by atoms with Crippen molar-refractivity contribution in [2.45, 2.75) is 40.3 Å². The number of hydrogen-bond acceptors (Lipinski definition) is 1. The molecule has 15 heavy (non-hydrogen) atoms. The Kier molecular flexibility index (Phi) is 4.62. The van der Waals surface area contributed by atoms with Crippen LogP contribution in [0.4, 0.5) is 13.2 Å². The molecule has 5 heteroatoms. The van der Waals surface area contributed by atoms with Gasteiger partial charge in [0, 0.05) is 12.0 Å². The fraction of sp³-hybridized carbons (Fsp3) is 0.900. The molecule has 0 aliphatic carbocycles. The summed E-state index contributed by atoms with van der Waals surface area (Å²) in [6.07, 6.45) is -3.64. The summed E-state index contributed by atoms with van der Waals surface area (Å²) in [6.45, 7) is 6.28. The molecule has 0 amide bonds. The molecule has 0 aliphatic rings. The molecule has 0 aromatic carbocycles. The molecule has 0 unspecified atom stereocenters. The van der Waals surface area contributed by atoms with E-state index in [0.29, 0.717) is 6.42 Å². The molecule has 0 radical (unpaired) electrons. The summed E-state index contributed by atoms with van der Waals surface area (Å²) in [6, 6.07) is 0. The van der Waals surface area contributed by atoms with Gasteiger partial charge in [-0.15, -0.1) is 0 Å². The normalized spacial score (nSPS) is 12.7. The zero-order chi connectivity index (χ0) is 12.3. The minimum absolute atomic E-state index is 0.0432. The molecular weight excluding hydrogens is 205 g/mol. The van der Waals surface area contributed by atoms with Gasteiger partial charge in [0.1, 0.15) is 12.4 Å². The van der Waals surface area contributed by atoms with Crippen molar-refractivity contribution in [1.29, 1.82) is 5.41 Å². The lowest BCUT2D eigenvalue weighted by molar-refractivity contribution is -0.138. The number of rotatable bonds is 3. The van der Waals surface area contributed by atoms with Crippen LogP contribution in [0.25, 0.3) is 0 Å². The van der Waals surface area contributed by atoms with Crippen molar-refractivity contribution in [1.82, 2.24) is 4.90 Å². The minimum atomic E-state index is -4.24. The van der Waals surface area contributed by atoms with Gasteiger partial charge in [-0.05, 0) is 6.42 Å². The third-order valence-corrected chi connectivity index (χ3v) is 1.89. The summed E-state index contributed by atoms with van der Waals surface area (Å²) < 4.78 is 36.7. The molecule has 90 valence electrons. The average Bonchev–Trinajstić information content (AvgIpc) is 1.98. The number of nitrogens with zero attached hydrogens (tertiary/aromatic N) is 1. The Morgan fingerprint density at radius 2 is 1.67 bits per heavy atom. The number of nitrogens with one attached hydrogen (secondary N) is 1. The Balaban J connectivity index is 4.60. The van der Waals surface area contributed by atoms with E-state index in [-0.39, 0.29) is 12.4 Å². The average molecular weight is 224 g/mol. The van der Waals surface area contributed by atoms with Crippen LogP contribution in [0.2, 0.25) is 0 Å². The van der Waals surface area contributed by atoms with Crippen LogP contribution in [0, 0.1) is 10.8 Å². The lowest BCUT2D eigenvalue weighted by atomic mass is 9.94. The van der Waals surface area contributed by atoms with Gasteiger partial charge in [-0.3, -0.25) is 5.41 Å². The summed E-state index contributed by atoms with van der Waals surface area (Å²) in [5, 5.41) is 7.71. The summed E-state index contributed by atoms with van der Waals surface area (Å²) in [4.78, 5) is 1.10. The fourth-order valence-corrected chi connectivity index (χ4v) is 1.23. The molecular formula is C10H19F3N2. The summed E-state index contributed by atoms with van der Waals surface area (Å²) in [7, 11) is 0. The standard InChI is InChI=1S/C10H19F3N2/c1-5-6-15(7-10(11,12)13)8(14)9(2,3)4/h14H,5-7H2,1-4H3. The van der Waals surface area contributed by atoms with Gasteiger partial charge in [-0.25, -0.2) is 0 Å². The second kappa shape index (κ2) is 4.86. The number of hydrogen-bond donors (Lipinski definition) is 1. The second-order valence-electron chi connectivity index (χ2n) is 4.64. The molecule has 0 saturated carbocycles. The predicted molar refractivity (Wildman–Crippen MR) is 55.1 cm³/mol. The maximum absolute atomic E-state index is 12.2. The van der Waals surface area contributed by atoms with Gasteiger partial charge in [0.05, 0.1) is 0 Å². The molecule has 0 spiro atoms. The molecule has 0 atom stereocenters. The van der Waals surface area contributed by atoms with Gasteiger partial charge in [0.2, 0.25) is 0 Å². The van der Waals surface area contributed by atoms with Crippen molar-refractivity contribution in [2.75, 3.05) is 13.1 Å². The Hall–Kier alpha value is -0.740. The molecule has 0 saturated heterocycles. The van der Waals surface area contributed by atoms with E-state index >= 15 is 0 Å². The SMILES string of the molecule is CCCN(CC(F)(F)F)C(=N)C(C)(C)C. The summed E-state index contributed by atoms with van der Waals surface area (Å²) in [5.74, 6) is 0.0432. The molecule has 0 heterocycles. The van der Waals surface area contributed by atoms with Gasteiger partial charge in [-0.1, -0.05) is 27.7 Å². The minimum Gasteiger partial charge on any atom is -0.351 e. The van der Waals surface area contributed by atoms with E-state index in [1.165, 1.54) is 0 Å². The van der Waals surface area contributed by atoms with Crippen LogP contribution >= 0.6 is 0 Å². The molecule has 0 rings (SSSR count). The van der Waals surface area contributed by atoms with E-state index in [4.69, 9.17) is 5.41 Å². The first-order chi connectivity index (χ1) is 6.58. The van der Waals surface area contributed by atoms with E-state index < -0.39 is 18.1 Å². The van der Waals surface area contributed by atoms with Gasteiger partial charge in [-0.2, -0.15) is 13.2 Å². The van der Waals surface area contributed by atoms with Crippen molar-refractivity contribution in [3.63, 3.8) is 0 Å². The molecule has 1 N–H and O–H groups in total. The van der Waals surface area contributed by atoms with Crippen LogP contribution in [-0.2, 0) is 0 Å². The van der Waals surface area contributed by atoms with Crippen molar-refractivity contribution in [3.05, 3.63) is 0 Å². The molecule has 0 aliphatic heterocycles. The highest BCUT2D eigenvalue weighted by molar-refractivity contribution is 5.84. The van der Waals surface area contributed by atoms with Gasteiger partial charge < -0.3 is 4.90 Å². The van der Waals surface area contributed by atoms with Crippen molar-refractivity contribution in [3.8, 4) is 0 Å². The first-order valence-corrected chi connectivity index (χ1v) is 4.98. The molecule has 0 aromatic rings. The Bertz CT molecular complexity index is 216. The van der Waals surface area contributed by atoms with Crippen molar-refractivity contribution < 1.29 is 13.2 Å². The fourth-order valence-electron chi connectivity index (χ4n) is 1.23. The lowest BCUT2D eigenvalue weighted by Crippen LogP contribution is -2.44. The van der Waals surface area contributed by atoms with Gasteiger partial charge in [0.15, 0.2) is 0 Å². The lowest BCUT2D eigenvalue weighted by Gasteiger charge is -2.32. The van der Waals surface area contributed by atoms with Crippen molar-refractivity contribution >= 4 is 5.84 Å². The summed E-state index contributed by atoms with van der Waals surface area (Å²) in [5.41, 5.74) is -0.541. The topological polar surface area (TPSA) is 27.1 Å². The van der Waals surface area contributed by atoms with Crippen LogP contribution in [0.15, 0.2) is 0 Å². The van der Waals surface area contributed by atoms with Crippen LogP contribution in [0.5, 0.6) is 0 Å². The van der Waals surface area contributed by atoms with E-state index in [1.54, 1.807) is 27.7 Å². The highest BCUT2D eigenvalue weighted by Gasteiger charge is 2.34. The van der Waals surface area contributed by atoms with E-state index in [2.05, 4.69) is 0 Å². The highest BCUT2D eigenvalue weighted by atomic mass is 19.4. The van der Waals surface area contributed by atoms with Gasteiger partial charge >= 0.3 is 6.18 Å². The van der Waals surface area contributed by atoms with Crippen LogP contribution in [-0.4, -0.2) is 30.0 Å². The van der Waals surface area contributed by atoms with Crippen molar-refractivity contribution in [2.24, 2.45) is 5.41 Å². The monoisotopic (exact) mass is 224 g/mol. The molecule has 0 fully saturated rings. The largest absolute Gasteiger partial charge is 0.405 e. The van der Waals surface area contributed by atoms with Crippen LogP contribution in [0.1, 0.15) is 34.1 Å². The van der Waals surface area contributed by atoms with E-state index in [0.717, 1.165) is 4.90 Å². The maximum Gasteiger partial charge on any atom is 0.405 e. The molecule has 0 bridgehead atoms. The highest BCUT2D eigenvalue weighted by Crippen LogP contribution is 2.22. The van der Waals surface area contributed by atoms with Crippen LogP contribution in [0.3, 0.4) is 0 Å². The number of alkyl halides is 3. The second-order valence-corrected chi connectivity index (χ2v) is 4.64. The van der Waals surface area contributed by atoms with Crippen LogP contribution < -0.4 is 0 Å². The zero-order valence-corrected chi connectivity index (χ0v) is 9.70. The van der Waals surface area contributed by atoms with E-state index in [9.17, 15) is 13.2 Å². The molecule has 2 nitrogen and oxygen atoms in total. The predicted octanol–water partition coefficient (Wildman–Crippen LogP) is 3.28. The number of amidine groups is 1. The van der Waals surface area contributed by atoms with E-state index in [1.807, 2.05) is 0 Å². The Morgan fingerprint density at radius 3 is 1.93 bits per heavy atom. The van der Waals surface area contributed by atoms with Gasteiger partial charge in [0.25, 0.3) is 0 Å². The third kappa shape index (κ3) is 5.64. The summed E-state index contributed by atoms with van der Waals surface area (Å²) >= 11 is 0. The third-order valence-electron chi connectivity index (χ3n) is 1.89. The Morgan fingerprint density at radius 1 is 1.20 bits per heavy atom. The quantitative estimate of drug-likeness (QED) is 0.578. The molecule has 0 aromatic heterocycles. The zero-order valence-electron chi connectivity index (χ0n) is 9.70. The first-order valence-electron chi connectivity index (χ1n) is 4.98. The Labute approximate surface area is 89.0 Å². The smallest absolute Gasteiger partial charge is 0.351 e. The maximum atomic E-state index is 12.2.